The minimum absolute atomic E-state index is 0.0784. The summed E-state index contributed by atoms with van der Waals surface area (Å²) in [5, 5.41) is -0.0784. The van der Waals surface area contributed by atoms with Crippen LogP contribution in [0, 0.1) is 18.7 Å². The second-order valence-electron chi connectivity index (χ2n) is 5.84. The highest BCUT2D eigenvalue weighted by molar-refractivity contribution is 6.31. The van der Waals surface area contributed by atoms with Crippen molar-refractivity contribution >= 4 is 29.1 Å². The van der Waals surface area contributed by atoms with Gasteiger partial charge in [-0.3, -0.25) is 4.98 Å². The Morgan fingerprint density at radius 2 is 1.80 bits per heavy atom. The van der Waals surface area contributed by atoms with Gasteiger partial charge in [0.1, 0.15) is 5.57 Å². The number of carbonyl (C=O) groups excluding carboxylic acids is 2. The van der Waals surface area contributed by atoms with Crippen molar-refractivity contribution in [3.8, 4) is 0 Å². The van der Waals surface area contributed by atoms with Crippen molar-refractivity contribution in [2.75, 3.05) is 13.2 Å². The molecule has 0 N–H and O–H groups in total. The maximum atomic E-state index is 13.7. The normalized spacial score (nSPS) is 13.3. The smallest absolute Gasteiger partial charge is 0.345 e. The lowest BCUT2D eigenvalue weighted by molar-refractivity contribution is -0.146. The summed E-state index contributed by atoms with van der Waals surface area (Å²) in [6.45, 7) is 5.15. The third-order valence-corrected chi connectivity index (χ3v) is 4.40. The molecule has 1 aliphatic rings. The number of carbonyl (C=O) groups is 2. The number of rotatable bonds is 7. The molecule has 1 heterocycles. The van der Waals surface area contributed by atoms with E-state index in [2.05, 4.69) is 4.98 Å². The number of pyridine rings is 1. The van der Waals surface area contributed by atoms with E-state index in [1.165, 1.54) is 0 Å². The van der Waals surface area contributed by atoms with Crippen molar-refractivity contribution in [1.82, 2.24) is 4.98 Å². The highest BCUT2D eigenvalue weighted by atomic mass is 35.5. The number of esters is 2. The lowest BCUT2D eigenvalue weighted by Gasteiger charge is -2.16. The van der Waals surface area contributed by atoms with Gasteiger partial charge in [-0.25, -0.2) is 14.0 Å². The minimum Gasteiger partial charge on any atom is -0.462 e. The lowest BCUT2D eigenvalue weighted by atomic mass is 9.95. The van der Waals surface area contributed by atoms with Gasteiger partial charge in [-0.05, 0) is 51.5 Å². The van der Waals surface area contributed by atoms with Crippen LogP contribution in [0.1, 0.15) is 44.4 Å². The van der Waals surface area contributed by atoms with Crippen LogP contribution in [0.4, 0.5) is 4.39 Å². The van der Waals surface area contributed by atoms with E-state index in [-0.39, 0.29) is 23.8 Å². The Labute approximate surface area is 151 Å². The Morgan fingerprint density at radius 1 is 1.24 bits per heavy atom. The van der Waals surface area contributed by atoms with Gasteiger partial charge in [0.25, 0.3) is 0 Å². The molecule has 0 atom stereocenters. The molecular formula is C18H21ClFNO4. The quantitative estimate of drug-likeness (QED) is 0.316. The second kappa shape index (κ2) is 8.43. The molecule has 0 aromatic carbocycles. The fourth-order valence-electron chi connectivity index (χ4n) is 2.53. The molecule has 0 aliphatic heterocycles. The van der Waals surface area contributed by atoms with Crippen molar-refractivity contribution in [3.63, 3.8) is 0 Å². The van der Waals surface area contributed by atoms with E-state index in [9.17, 15) is 14.0 Å². The van der Waals surface area contributed by atoms with Crippen LogP contribution in [-0.4, -0.2) is 30.1 Å². The fourth-order valence-corrected chi connectivity index (χ4v) is 2.66. The average Bonchev–Trinajstić information content (AvgIpc) is 3.37. The first-order valence-corrected chi connectivity index (χ1v) is 8.66. The van der Waals surface area contributed by atoms with E-state index in [1.54, 1.807) is 20.8 Å². The van der Waals surface area contributed by atoms with Crippen LogP contribution < -0.4 is 0 Å². The third-order valence-electron chi connectivity index (χ3n) is 3.94. The summed E-state index contributed by atoms with van der Waals surface area (Å²) in [4.78, 5) is 28.9. The number of hydrogen-bond acceptors (Lipinski definition) is 5. The molecular weight excluding hydrogens is 349 g/mol. The molecule has 1 saturated carbocycles. The molecule has 1 fully saturated rings. The van der Waals surface area contributed by atoms with Crippen LogP contribution in [0.3, 0.4) is 0 Å². The first-order valence-electron chi connectivity index (χ1n) is 8.28. The Bertz CT molecular complexity index is 693. The topological polar surface area (TPSA) is 65.5 Å². The van der Waals surface area contributed by atoms with E-state index in [1.807, 2.05) is 0 Å². The summed E-state index contributed by atoms with van der Waals surface area (Å²) in [6, 6.07) is 0. The minimum atomic E-state index is -0.766. The maximum absolute atomic E-state index is 13.7. The predicted molar refractivity (Wildman–Crippen MR) is 91.5 cm³/mol. The molecule has 0 unspecified atom stereocenters. The van der Waals surface area contributed by atoms with Crippen LogP contribution in [-0.2, 0) is 19.1 Å². The van der Waals surface area contributed by atoms with Gasteiger partial charge in [0, 0.05) is 5.57 Å². The second-order valence-corrected chi connectivity index (χ2v) is 6.21. The van der Waals surface area contributed by atoms with Gasteiger partial charge in [0.15, 0.2) is 5.82 Å². The van der Waals surface area contributed by atoms with Gasteiger partial charge in [-0.1, -0.05) is 11.6 Å². The molecule has 0 saturated heterocycles. The summed E-state index contributed by atoms with van der Waals surface area (Å²) in [7, 11) is 0. The van der Waals surface area contributed by atoms with Crippen LogP contribution in [0.2, 0.25) is 5.02 Å². The average molecular weight is 370 g/mol. The van der Waals surface area contributed by atoms with Gasteiger partial charge in [-0.15, -0.1) is 0 Å². The van der Waals surface area contributed by atoms with E-state index < -0.39 is 17.8 Å². The zero-order chi connectivity index (χ0) is 18.6. The number of hydrogen-bond donors (Lipinski definition) is 0. The summed E-state index contributed by atoms with van der Waals surface area (Å²) in [6.07, 6.45) is 3.45. The van der Waals surface area contributed by atoms with Crippen molar-refractivity contribution in [3.05, 3.63) is 33.9 Å². The molecule has 0 radical (unpaired) electrons. The van der Waals surface area contributed by atoms with Gasteiger partial charge in [0.05, 0.1) is 30.1 Å². The fraction of sp³-hybridized carbons (Fsp3) is 0.500. The van der Waals surface area contributed by atoms with E-state index >= 15 is 0 Å². The summed E-state index contributed by atoms with van der Waals surface area (Å²) in [5.41, 5.74) is 0.922. The maximum Gasteiger partial charge on any atom is 0.345 e. The number of nitrogens with zero attached hydrogens (tertiary/aromatic N) is 1. The van der Waals surface area contributed by atoms with Crippen molar-refractivity contribution < 1.29 is 23.5 Å². The molecule has 0 spiro atoms. The Hall–Kier alpha value is -1.95. The Kier molecular flexibility index (Phi) is 6.53. The highest BCUT2D eigenvalue weighted by Crippen LogP contribution is 2.41. The molecule has 0 bridgehead atoms. The summed E-state index contributed by atoms with van der Waals surface area (Å²) < 4.78 is 23.7. The first kappa shape index (κ1) is 19.4. The van der Waals surface area contributed by atoms with E-state index in [0.29, 0.717) is 29.2 Å². The van der Waals surface area contributed by atoms with Crippen LogP contribution in [0.15, 0.2) is 11.8 Å². The van der Waals surface area contributed by atoms with Crippen molar-refractivity contribution in [2.45, 2.75) is 40.0 Å². The van der Waals surface area contributed by atoms with Gasteiger partial charge in [-0.2, -0.15) is 0 Å². The van der Waals surface area contributed by atoms with E-state index in [0.717, 1.165) is 19.0 Å². The molecule has 7 heteroatoms. The monoisotopic (exact) mass is 369 g/mol. The Balaban J connectivity index is 2.64. The highest BCUT2D eigenvalue weighted by Gasteiger charge is 2.33. The van der Waals surface area contributed by atoms with Crippen molar-refractivity contribution in [1.29, 1.82) is 0 Å². The molecule has 0 amide bonds. The molecule has 5 nitrogen and oxygen atoms in total. The van der Waals surface area contributed by atoms with E-state index in [4.69, 9.17) is 21.1 Å². The molecule has 25 heavy (non-hydrogen) atoms. The molecule has 1 aromatic heterocycles. The molecule has 2 rings (SSSR count). The van der Waals surface area contributed by atoms with Crippen molar-refractivity contribution in [2.24, 2.45) is 5.92 Å². The first-order chi connectivity index (χ1) is 11.9. The van der Waals surface area contributed by atoms with Crippen LogP contribution in [0.5, 0.6) is 0 Å². The largest absolute Gasteiger partial charge is 0.462 e. The number of halogens is 2. The third kappa shape index (κ3) is 4.57. The molecule has 136 valence electrons. The zero-order valence-electron chi connectivity index (χ0n) is 14.5. The molecule has 1 aliphatic carbocycles. The SMILES string of the molecule is CCOC(=O)C(C(=O)OCC)=C(CC1CC1)c1ncc(F)c(Cl)c1C. The number of aromatic nitrogens is 1. The van der Waals surface area contributed by atoms with Gasteiger partial charge in [0.2, 0.25) is 0 Å². The predicted octanol–water partition coefficient (Wildman–Crippen LogP) is 3.86. The Morgan fingerprint density at radius 3 is 2.28 bits per heavy atom. The number of ether oxygens (including phenoxy) is 2. The van der Waals surface area contributed by atoms with Crippen LogP contribution >= 0.6 is 11.6 Å². The van der Waals surface area contributed by atoms with Crippen LogP contribution in [0.25, 0.3) is 5.57 Å². The standard InChI is InChI=1S/C18H21ClFNO4/c1-4-24-17(22)14(18(23)25-5-2)12(8-11-6-7-11)16-10(3)15(19)13(20)9-21-16/h9,11H,4-8H2,1-3H3. The summed E-state index contributed by atoms with van der Waals surface area (Å²) in [5.74, 6) is -1.84. The summed E-state index contributed by atoms with van der Waals surface area (Å²) >= 11 is 6.00. The zero-order valence-corrected chi connectivity index (χ0v) is 15.3. The van der Waals surface area contributed by atoms with Gasteiger partial charge < -0.3 is 9.47 Å². The lowest BCUT2D eigenvalue weighted by Crippen LogP contribution is -2.21. The molecule has 1 aromatic rings. The number of allylic oxidation sites excluding steroid dienone is 1. The van der Waals surface area contributed by atoms with Gasteiger partial charge >= 0.3 is 11.9 Å².